The molecule has 3 aromatic carbocycles. The van der Waals surface area contributed by atoms with Crippen molar-refractivity contribution in [1.29, 1.82) is 0 Å². The molecule has 8 heteroatoms. The zero-order valence-electron chi connectivity index (χ0n) is 24.4. The predicted molar refractivity (Wildman–Crippen MR) is 158 cm³/mol. The lowest BCUT2D eigenvalue weighted by molar-refractivity contribution is -0.149. The maximum Gasteiger partial charge on any atom is 0.415 e. The summed E-state index contributed by atoms with van der Waals surface area (Å²) in [6.45, 7) is 9.73. The zero-order valence-corrected chi connectivity index (χ0v) is 24.4. The number of ether oxygens (including phenoxy) is 4. The highest BCUT2D eigenvalue weighted by Gasteiger charge is 2.19. The molecule has 8 nitrogen and oxygen atoms in total. The smallest absolute Gasteiger partial charge is 0.415 e. The summed E-state index contributed by atoms with van der Waals surface area (Å²) in [5.74, 6) is 1.02. The molecule has 1 N–H and O–H groups in total. The number of aryl methyl sites for hydroxylation is 3. The van der Waals surface area contributed by atoms with E-state index in [1.807, 2.05) is 75.4 Å². The minimum atomic E-state index is -0.984. The summed E-state index contributed by atoms with van der Waals surface area (Å²) in [4.78, 5) is 26.2. The van der Waals surface area contributed by atoms with Crippen molar-refractivity contribution >= 4 is 12.1 Å². The van der Waals surface area contributed by atoms with Crippen LogP contribution >= 0.6 is 0 Å². The highest BCUT2D eigenvalue weighted by molar-refractivity contribution is 5.73. The molecule has 41 heavy (non-hydrogen) atoms. The molecule has 0 saturated heterocycles. The first-order valence-electron chi connectivity index (χ1n) is 14.1. The molecule has 220 valence electrons. The number of unbranched alkanes of at least 4 members (excludes halogenated alkanes) is 1. The van der Waals surface area contributed by atoms with E-state index in [1.54, 1.807) is 24.0 Å². The molecular formula is C33H41NO7. The fourth-order valence-electron chi connectivity index (χ4n) is 4.24. The number of carboxylic acid groups (broad SMARTS) is 1. The number of hydrogen-bond acceptors (Lipinski definition) is 6. The molecule has 1 unspecified atom stereocenters. The summed E-state index contributed by atoms with van der Waals surface area (Å²) < 4.78 is 22.8. The predicted octanol–water partition coefficient (Wildman–Crippen LogP) is 6.38. The van der Waals surface area contributed by atoms with Gasteiger partial charge in [-0.25, -0.2) is 9.59 Å². The van der Waals surface area contributed by atoms with Gasteiger partial charge in [-0.2, -0.15) is 0 Å². The van der Waals surface area contributed by atoms with Crippen LogP contribution in [-0.4, -0.2) is 61.1 Å². The molecular weight excluding hydrogens is 522 g/mol. The molecule has 0 heterocycles. The highest BCUT2D eigenvalue weighted by Crippen LogP contribution is 2.23. The third-order valence-electron chi connectivity index (χ3n) is 6.70. The first-order chi connectivity index (χ1) is 19.8. The van der Waals surface area contributed by atoms with Crippen LogP contribution in [0, 0.1) is 20.8 Å². The molecule has 0 saturated carbocycles. The second-order valence-corrected chi connectivity index (χ2v) is 9.90. The molecule has 0 aliphatic carbocycles. The van der Waals surface area contributed by atoms with Crippen molar-refractivity contribution in [2.45, 2.75) is 53.1 Å². The van der Waals surface area contributed by atoms with E-state index in [4.69, 9.17) is 18.9 Å². The SMILES string of the molecule is CCOC(Cc1ccc(OCCN(CCCCOc2ccccc2)C(=O)Oc2cc(C)c(C)cc2C)cc1)C(=O)O. The van der Waals surface area contributed by atoms with Crippen molar-refractivity contribution in [1.82, 2.24) is 4.90 Å². The van der Waals surface area contributed by atoms with Gasteiger partial charge in [0, 0.05) is 19.6 Å². The summed E-state index contributed by atoms with van der Waals surface area (Å²) in [6.07, 6.45) is 0.491. The van der Waals surface area contributed by atoms with Gasteiger partial charge in [-0.3, -0.25) is 0 Å². The second kappa shape index (κ2) is 16.3. The number of carbonyl (C=O) groups is 2. The van der Waals surface area contributed by atoms with E-state index < -0.39 is 18.2 Å². The highest BCUT2D eigenvalue weighted by atomic mass is 16.6. The van der Waals surface area contributed by atoms with Gasteiger partial charge in [0.15, 0.2) is 6.10 Å². The van der Waals surface area contributed by atoms with Crippen LogP contribution in [0.5, 0.6) is 17.2 Å². The Morgan fingerprint density at radius 1 is 0.805 bits per heavy atom. The number of benzene rings is 3. The average molecular weight is 564 g/mol. The van der Waals surface area contributed by atoms with E-state index in [2.05, 4.69) is 0 Å². The van der Waals surface area contributed by atoms with Crippen LogP contribution < -0.4 is 14.2 Å². The normalized spacial score (nSPS) is 11.5. The van der Waals surface area contributed by atoms with Gasteiger partial charge in [0.2, 0.25) is 0 Å². The van der Waals surface area contributed by atoms with E-state index >= 15 is 0 Å². The summed E-state index contributed by atoms with van der Waals surface area (Å²) in [7, 11) is 0. The average Bonchev–Trinajstić information content (AvgIpc) is 2.95. The second-order valence-electron chi connectivity index (χ2n) is 9.90. The van der Waals surface area contributed by atoms with Crippen LogP contribution in [-0.2, 0) is 16.0 Å². The number of amides is 1. The summed E-state index contributed by atoms with van der Waals surface area (Å²) in [6, 6.07) is 20.8. The lowest BCUT2D eigenvalue weighted by atomic mass is 10.1. The fraction of sp³-hybridized carbons (Fsp3) is 0.394. The van der Waals surface area contributed by atoms with E-state index in [0.29, 0.717) is 37.8 Å². The molecule has 0 aliphatic heterocycles. The number of aliphatic carboxylic acids is 1. The van der Waals surface area contributed by atoms with Crippen molar-refractivity contribution in [3.63, 3.8) is 0 Å². The molecule has 0 fully saturated rings. The van der Waals surface area contributed by atoms with Crippen molar-refractivity contribution in [3.05, 3.63) is 89.0 Å². The Morgan fingerprint density at radius 2 is 1.46 bits per heavy atom. The summed E-state index contributed by atoms with van der Waals surface area (Å²) in [5, 5.41) is 9.31. The van der Waals surface area contributed by atoms with Gasteiger partial charge in [0.05, 0.1) is 13.2 Å². The minimum Gasteiger partial charge on any atom is -0.494 e. The van der Waals surface area contributed by atoms with Gasteiger partial charge < -0.3 is 29.0 Å². The van der Waals surface area contributed by atoms with Crippen LogP contribution in [0.15, 0.2) is 66.7 Å². The maximum absolute atomic E-state index is 13.2. The number of carbonyl (C=O) groups excluding carboxylic acids is 1. The Balaban J connectivity index is 1.56. The number of rotatable bonds is 16. The number of hydrogen-bond donors (Lipinski definition) is 1. The zero-order chi connectivity index (χ0) is 29.6. The third kappa shape index (κ3) is 10.5. The van der Waals surface area contributed by atoms with Crippen LogP contribution in [0.2, 0.25) is 0 Å². The monoisotopic (exact) mass is 563 g/mol. The Bertz CT molecular complexity index is 1240. The van der Waals surface area contributed by atoms with Gasteiger partial charge in [-0.15, -0.1) is 0 Å². The number of para-hydroxylation sites is 1. The number of nitrogens with zero attached hydrogens (tertiary/aromatic N) is 1. The lowest BCUT2D eigenvalue weighted by Gasteiger charge is -2.23. The van der Waals surface area contributed by atoms with Crippen molar-refractivity contribution in [2.75, 3.05) is 32.9 Å². The largest absolute Gasteiger partial charge is 0.494 e. The van der Waals surface area contributed by atoms with Crippen LogP contribution in [0.3, 0.4) is 0 Å². The summed E-state index contributed by atoms with van der Waals surface area (Å²) in [5.41, 5.74) is 3.95. The van der Waals surface area contributed by atoms with Crippen LogP contribution in [0.1, 0.15) is 42.0 Å². The van der Waals surface area contributed by atoms with Crippen LogP contribution in [0.4, 0.5) is 4.79 Å². The first kappa shape index (κ1) is 31.5. The Kier molecular flexibility index (Phi) is 12.5. The molecule has 0 radical (unpaired) electrons. The molecule has 1 atom stereocenters. The maximum atomic E-state index is 13.2. The molecule has 0 aliphatic rings. The lowest BCUT2D eigenvalue weighted by Crippen LogP contribution is -2.37. The topological polar surface area (TPSA) is 94.5 Å². The van der Waals surface area contributed by atoms with E-state index in [-0.39, 0.29) is 13.0 Å². The standard InChI is InChI=1S/C33H41NO7/c1-5-38-31(32(35)36)23-27-13-15-29(16-14-27)40-20-18-34(17-9-10-19-39-28-11-7-6-8-12-28)33(37)41-30-22-25(3)24(2)21-26(30)4/h6-8,11-16,21-22,31H,5,9-10,17-20,23H2,1-4H3,(H,35,36). The van der Waals surface area contributed by atoms with Gasteiger partial charge >= 0.3 is 12.1 Å². The summed E-state index contributed by atoms with van der Waals surface area (Å²) >= 11 is 0. The quantitative estimate of drug-likeness (QED) is 0.202. The first-order valence-corrected chi connectivity index (χ1v) is 14.1. The molecule has 3 aromatic rings. The van der Waals surface area contributed by atoms with Gasteiger partial charge in [0.25, 0.3) is 0 Å². The fourth-order valence-corrected chi connectivity index (χ4v) is 4.24. The van der Waals surface area contributed by atoms with Gasteiger partial charge in [-0.1, -0.05) is 36.4 Å². The molecule has 0 bridgehead atoms. The third-order valence-corrected chi connectivity index (χ3v) is 6.70. The molecule has 0 aromatic heterocycles. The Hall–Kier alpha value is -4.04. The van der Waals surface area contributed by atoms with Crippen molar-refractivity contribution < 1.29 is 33.6 Å². The van der Waals surface area contributed by atoms with Gasteiger partial charge in [-0.05, 0) is 93.1 Å². The van der Waals surface area contributed by atoms with E-state index in [1.165, 1.54) is 0 Å². The minimum absolute atomic E-state index is 0.273. The Morgan fingerprint density at radius 3 is 2.15 bits per heavy atom. The number of carboxylic acids is 1. The van der Waals surface area contributed by atoms with E-state index in [0.717, 1.165) is 40.8 Å². The van der Waals surface area contributed by atoms with Crippen molar-refractivity contribution in [3.8, 4) is 17.2 Å². The Labute approximate surface area is 242 Å². The molecule has 0 spiro atoms. The van der Waals surface area contributed by atoms with Crippen LogP contribution in [0.25, 0.3) is 0 Å². The van der Waals surface area contributed by atoms with E-state index in [9.17, 15) is 14.7 Å². The molecule has 1 amide bonds. The van der Waals surface area contributed by atoms with Gasteiger partial charge in [0.1, 0.15) is 23.9 Å². The van der Waals surface area contributed by atoms with Crippen molar-refractivity contribution in [2.24, 2.45) is 0 Å². The molecule has 3 rings (SSSR count).